The van der Waals surface area contributed by atoms with Crippen LogP contribution in [0.3, 0.4) is 0 Å². The fraction of sp³-hybridized carbons (Fsp3) is 0.538. The van der Waals surface area contributed by atoms with Gasteiger partial charge in [0.05, 0.1) is 22.7 Å². The van der Waals surface area contributed by atoms with Gasteiger partial charge in [0, 0.05) is 0 Å². The average molecular weight is 348 g/mol. The van der Waals surface area contributed by atoms with Crippen molar-refractivity contribution in [3.05, 3.63) is 33.8 Å². The summed E-state index contributed by atoms with van der Waals surface area (Å²) in [6.45, 7) is 0.833. The first-order valence-corrected chi connectivity index (χ1v) is 6.95. The lowest BCUT2D eigenvalue weighted by molar-refractivity contribution is -0.167. The second-order valence-corrected chi connectivity index (χ2v) is 5.18. The van der Waals surface area contributed by atoms with Crippen LogP contribution < -0.4 is 5.32 Å². The summed E-state index contributed by atoms with van der Waals surface area (Å²) in [6.07, 6.45) is -3.75. The van der Waals surface area contributed by atoms with E-state index in [0.29, 0.717) is 22.2 Å². The maximum absolute atomic E-state index is 12.8. The lowest BCUT2D eigenvalue weighted by atomic mass is 10.1. The Bertz CT molecular complexity index is 460. The molecule has 8 heteroatoms. The first-order valence-electron chi connectivity index (χ1n) is 6.20. The van der Waals surface area contributed by atoms with Crippen molar-refractivity contribution < 1.29 is 22.3 Å². The molecular weight excluding hydrogens is 333 g/mol. The topological polar surface area (TPSA) is 21.3 Å². The highest BCUT2D eigenvalue weighted by Crippen LogP contribution is 2.27. The van der Waals surface area contributed by atoms with E-state index >= 15 is 0 Å². The zero-order valence-corrected chi connectivity index (χ0v) is 12.7. The molecule has 2 nitrogen and oxygen atoms in total. The number of ether oxygens (including phenoxy) is 1. The fourth-order valence-corrected chi connectivity index (χ4v) is 1.93. The highest BCUT2D eigenvalue weighted by molar-refractivity contribution is 6.42. The highest BCUT2D eigenvalue weighted by Gasteiger charge is 2.41. The Hall–Kier alpha value is -0.560. The number of halogens is 6. The van der Waals surface area contributed by atoms with Gasteiger partial charge in [-0.2, -0.15) is 8.78 Å². The molecule has 0 heterocycles. The van der Waals surface area contributed by atoms with Crippen molar-refractivity contribution in [2.45, 2.75) is 25.3 Å². The molecule has 1 aromatic carbocycles. The summed E-state index contributed by atoms with van der Waals surface area (Å²) in [5, 5.41) is 3.68. The molecule has 1 unspecified atom stereocenters. The molecule has 1 atom stereocenters. The van der Waals surface area contributed by atoms with Crippen molar-refractivity contribution in [1.82, 2.24) is 5.32 Å². The van der Waals surface area contributed by atoms with E-state index in [4.69, 9.17) is 27.9 Å². The number of likely N-dealkylation sites (N-methyl/N-ethyl adjacent to an activating group) is 1. The first-order chi connectivity index (χ1) is 9.77. The molecule has 0 bridgehead atoms. The van der Waals surface area contributed by atoms with E-state index in [0.717, 1.165) is 0 Å². The second kappa shape index (κ2) is 8.17. The fourth-order valence-electron chi connectivity index (χ4n) is 1.62. The maximum Gasteiger partial charge on any atom is 0.330 e. The molecule has 0 saturated carbocycles. The van der Waals surface area contributed by atoms with Gasteiger partial charge in [-0.05, 0) is 24.2 Å². The first kappa shape index (κ1) is 18.5. The van der Waals surface area contributed by atoms with E-state index < -0.39 is 25.0 Å². The molecule has 0 amide bonds. The third kappa shape index (κ3) is 5.62. The molecule has 0 aliphatic rings. The van der Waals surface area contributed by atoms with E-state index in [1.807, 2.05) is 6.92 Å². The van der Waals surface area contributed by atoms with Gasteiger partial charge in [0.2, 0.25) is 0 Å². The molecule has 120 valence electrons. The number of hydrogen-bond donors (Lipinski definition) is 1. The summed E-state index contributed by atoms with van der Waals surface area (Å²) in [5.41, 5.74) is 0.673. The van der Waals surface area contributed by atoms with Gasteiger partial charge in [0.1, 0.15) is 6.61 Å². The Balaban J connectivity index is 2.67. The van der Waals surface area contributed by atoms with Crippen molar-refractivity contribution in [3.63, 3.8) is 0 Å². The molecule has 0 saturated heterocycles. The van der Waals surface area contributed by atoms with Crippen LogP contribution in [-0.4, -0.2) is 32.1 Å². The van der Waals surface area contributed by atoms with Gasteiger partial charge in [-0.15, -0.1) is 0 Å². The van der Waals surface area contributed by atoms with Crippen molar-refractivity contribution in [3.8, 4) is 0 Å². The third-order valence-electron chi connectivity index (χ3n) is 2.69. The van der Waals surface area contributed by atoms with Crippen LogP contribution in [-0.2, 0) is 4.74 Å². The minimum atomic E-state index is -4.16. The lowest BCUT2D eigenvalue weighted by Crippen LogP contribution is -2.34. The summed E-state index contributed by atoms with van der Waals surface area (Å²) in [5.74, 6) is -4.16. The Morgan fingerprint density at radius 2 is 1.90 bits per heavy atom. The monoisotopic (exact) mass is 347 g/mol. The predicted molar refractivity (Wildman–Crippen MR) is 74.6 cm³/mol. The van der Waals surface area contributed by atoms with Crippen molar-refractivity contribution >= 4 is 23.2 Å². The standard InChI is InChI=1S/C13H15Cl2F4NO/c1-2-20-11(6-21-7-13(18,19)12(16)17)8-3-4-9(14)10(15)5-8/h3-5,11-12,20H,2,6-7H2,1H3. The molecule has 0 aliphatic heterocycles. The van der Waals surface area contributed by atoms with Gasteiger partial charge in [-0.25, -0.2) is 8.78 Å². The molecular formula is C13H15Cl2F4NO. The van der Waals surface area contributed by atoms with Crippen LogP contribution in [0.1, 0.15) is 18.5 Å². The Morgan fingerprint density at radius 1 is 1.24 bits per heavy atom. The maximum atomic E-state index is 12.8. The number of benzene rings is 1. The summed E-state index contributed by atoms with van der Waals surface area (Å²) in [4.78, 5) is 0. The van der Waals surface area contributed by atoms with Gasteiger partial charge in [0.25, 0.3) is 0 Å². The second-order valence-electron chi connectivity index (χ2n) is 4.36. The predicted octanol–water partition coefficient (Wildman–Crippen LogP) is 4.56. The third-order valence-corrected chi connectivity index (χ3v) is 3.43. The molecule has 0 radical (unpaired) electrons. The van der Waals surface area contributed by atoms with Gasteiger partial charge >= 0.3 is 12.3 Å². The summed E-state index contributed by atoms with van der Waals surface area (Å²) >= 11 is 11.7. The number of alkyl halides is 4. The molecule has 1 rings (SSSR count). The summed E-state index contributed by atoms with van der Waals surface area (Å²) < 4.78 is 54.3. The zero-order chi connectivity index (χ0) is 16.0. The van der Waals surface area contributed by atoms with Crippen molar-refractivity contribution in [2.75, 3.05) is 19.8 Å². The Morgan fingerprint density at radius 3 is 2.43 bits per heavy atom. The molecule has 0 aliphatic carbocycles. The molecule has 1 N–H and O–H groups in total. The van der Waals surface area contributed by atoms with Gasteiger partial charge < -0.3 is 10.1 Å². The van der Waals surface area contributed by atoms with Crippen LogP contribution in [0.15, 0.2) is 18.2 Å². The quantitative estimate of drug-likeness (QED) is 0.696. The van der Waals surface area contributed by atoms with Crippen LogP contribution in [0.5, 0.6) is 0 Å². The Kier molecular flexibility index (Phi) is 7.20. The van der Waals surface area contributed by atoms with Crippen LogP contribution >= 0.6 is 23.2 Å². The Labute approximate surface area is 130 Å². The van der Waals surface area contributed by atoms with E-state index in [1.165, 1.54) is 0 Å². The van der Waals surface area contributed by atoms with Crippen molar-refractivity contribution in [1.29, 1.82) is 0 Å². The zero-order valence-electron chi connectivity index (χ0n) is 11.2. The minimum absolute atomic E-state index is 0.186. The van der Waals surface area contributed by atoms with Crippen LogP contribution in [0.25, 0.3) is 0 Å². The van der Waals surface area contributed by atoms with Crippen molar-refractivity contribution in [2.24, 2.45) is 0 Å². The molecule has 0 fully saturated rings. The van der Waals surface area contributed by atoms with E-state index in [1.54, 1.807) is 18.2 Å². The van der Waals surface area contributed by atoms with Gasteiger partial charge in [0.15, 0.2) is 0 Å². The van der Waals surface area contributed by atoms with E-state index in [-0.39, 0.29) is 6.61 Å². The molecule has 1 aromatic rings. The smallest absolute Gasteiger partial charge is 0.330 e. The minimum Gasteiger partial charge on any atom is -0.373 e. The number of rotatable bonds is 8. The van der Waals surface area contributed by atoms with Gasteiger partial charge in [-0.1, -0.05) is 36.2 Å². The summed E-state index contributed by atoms with van der Waals surface area (Å²) in [7, 11) is 0. The van der Waals surface area contributed by atoms with Crippen LogP contribution in [0.4, 0.5) is 17.6 Å². The molecule has 0 spiro atoms. The average Bonchev–Trinajstić information content (AvgIpc) is 2.40. The lowest BCUT2D eigenvalue weighted by Gasteiger charge is -2.21. The van der Waals surface area contributed by atoms with Crippen LogP contribution in [0.2, 0.25) is 10.0 Å². The number of hydrogen-bond acceptors (Lipinski definition) is 2. The van der Waals surface area contributed by atoms with E-state index in [9.17, 15) is 17.6 Å². The largest absolute Gasteiger partial charge is 0.373 e. The summed E-state index contributed by atoms with van der Waals surface area (Å²) in [6, 6.07) is 4.36. The van der Waals surface area contributed by atoms with E-state index in [2.05, 4.69) is 5.32 Å². The highest BCUT2D eigenvalue weighted by atomic mass is 35.5. The van der Waals surface area contributed by atoms with Gasteiger partial charge in [-0.3, -0.25) is 0 Å². The normalized spacial score (nSPS) is 13.7. The van der Waals surface area contributed by atoms with Crippen LogP contribution in [0, 0.1) is 0 Å². The molecule has 21 heavy (non-hydrogen) atoms. The SMILES string of the molecule is CCNC(COCC(F)(F)C(F)F)c1ccc(Cl)c(Cl)c1. The number of nitrogens with one attached hydrogen (secondary N) is 1. The molecule has 0 aromatic heterocycles.